The minimum atomic E-state index is -0.495. The summed E-state index contributed by atoms with van der Waals surface area (Å²) in [6.07, 6.45) is 6.69. The van der Waals surface area contributed by atoms with Crippen LogP contribution in [0.25, 0.3) is 0 Å². The van der Waals surface area contributed by atoms with Crippen molar-refractivity contribution in [2.24, 2.45) is 0 Å². The van der Waals surface area contributed by atoms with E-state index in [9.17, 15) is 10.1 Å². The van der Waals surface area contributed by atoms with Crippen molar-refractivity contribution in [1.82, 2.24) is 9.97 Å². The van der Waals surface area contributed by atoms with Crippen molar-refractivity contribution < 1.29 is 4.92 Å². The minimum absolute atomic E-state index is 0.0499. The summed E-state index contributed by atoms with van der Waals surface area (Å²) in [6, 6.07) is 0.247. The van der Waals surface area contributed by atoms with Gasteiger partial charge in [0.2, 0.25) is 11.8 Å². The van der Waals surface area contributed by atoms with E-state index in [1.807, 2.05) is 0 Å². The first-order valence-electron chi connectivity index (χ1n) is 5.70. The number of hydrogen-bond donors (Lipinski definition) is 2. The van der Waals surface area contributed by atoms with Crippen LogP contribution in [0.5, 0.6) is 0 Å². The lowest BCUT2D eigenvalue weighted by atomic mass is 9.95. The Morgan fingerprint density at radius 1 is 1.41 bits per heavy atom. The second-order valence-corrected chi connectivity index (χ2v) is 4.20. The Morgan fingerprint density at radius 2 is 2.12 bits per heavy atom. The molecule has 1 aliphatic carbocycles. The summed E-state index contributed by atoms with van der Waals surface area (Å²) in [6.45, 7) is 0. The van der Waals surface area contributed by atoms with Crippen LogP contribution in [-0.4, -0.2) is 20.9 Å². The number of nitrogens with one attached hydrogen (secondary N) is 1. The number of nitrogens with two attached hydrogens (primary N) is 1. The zero-order valence-corrected chi connectivity index (χ0v) is 9.43. The quantitative estimate of drug-likeness (QED) is 0.612. The molecular formula is C10H15N5O2. The van der Waals surface area contributed by atoms with E-state index in [1.54, 1.807) is 0 Å². The van der Waals surface area contributed by atoms with Crippen LogP contribution in [-0.2, 0) is 0 Å². The van der Waals surface area contributed by atoms with E-state index in [4.69, 9.17) is 5.73 Å². The van der Waals surface area contributed by atoms with Crippen LogP contribution < -0.4 is 11.1 Å². The molecule has 0 atom stereocenters. The van der Waals surface area contributed by atoms with Crippen LogP contribution in [0.4, 0.5) is 17.5 Å². The maximum Gasteiger partial charge on any atom is 0.329 e. The summed E-state index contributed by atoms with van der Waals surface area (Å²) in [5.41, 5.74) is 5.33. The fraction of sp³-hybridized carbons (Fsp3) is 0.600. The lowest BCUT2D eigenvalue weighted by Gasteiger charge is -2.22. The average molecular weight is 237 g/mol. The fourth-order valence-electron chi connectivity index (χ4n) is 2.07. The van der Waals surface area contributed by atoms with Crippen molar-refractivity contribution in [2.45, 2.75) is 38.1 Å². The largest absolute Gasteiger partial charge is 0.368 e. The van der Waals surface area contributed by atoms with E-state index in [2.05, 4.69) is 15.3 Å². The predicted octanol–water partition coefficient (Wildman–Crippen LogP) is 1.71. The highest BCUT2D eigenvalue weighted by atomic mass is 16.6. The molecule has 7 nitrogen and oxygen atoms in total. The number of hydrogen-bond acceptors (Lipinski definition) is 6. The Balaban J connectivity index is 2.17. The van der Waals surface area contributed by atoms with Gasteiger partial charge in [-0.2, -0.15) is 4.98 Å². The van der Waals surface area contributed by atoms with Gasteiger partial charge < -0.3 is 11.1 Å². The summed E-state index contributed by atoms with van der Waals surface area (Å²) in [5, 5.41) is 13.9. The summed E-state index contributed by atoms with van der Waals surface area (Å²) >= 11 is 0. The first kappa shape index (κ1) is 11.6. The monoisotopic (exact) mass is 237 g/mol. The van der Waals surface area contributed by atoms with Gasteiger partial charge in [0.15, 0.2) is 0 Å². The third-order valence-electron chi connectivity index (χ3n) is 2.93. The lowest BCUT2D eigenvalue weighted by Crippen LogP contribution is -2.23. The molecule has 1 aromatic rings. The lowest BCUT2D eigenvalue weighted by molar-refractivity contribution is -0.384. The molecule has 1 fully saturated rings. The number of anilines is 2. The van der Waals surface area contributed by atoms with Crippen molar-refractivity contribution in [3.05, 3.63) is 16.3 Å². The summed E-state index contributed by atoms with van der Waals surface area (Å²) in [4.78, 5) is 17.9. The molecule has 0 amide bonds. The van der Waals surface area contributed by atoms with Crippen LogP contribution in [0.15, 0.2) is 6.20 Å². The highest BCUT2D eigenvalue weighted by Gasteiger charge is 2.21. The maximum atomic E-state index is 10.8. The molecule has 2 rings (SSSR count). The van der Waals surface area contributed by atoms with E-state index in [0.29, 0.717) is 0 Å². The highest BCUT2D eigenvalue weighted by Crippen LogP contribution is 2.26. The Bertz CT molecular complexity index is 417. The zero-order valence-electron chi connectivity index (χ0n) is 9.43. The SMILES string of the molecule is Nc1ncc([N+](=O)[O-])c(NC2CCCCC2)n1. The third-order valence-corrected chi connectivity index (χ3v) is 2.93. The summed E-state index contributed by atoms with van der Waals surface area (Å²) < 4.78 is 0. The molecule has 17 heavy (non-hydrogen) atoms. The third kappa shape index (κ3) is 2.80. The smallest absolute Gasteiger partial charge is 0.329 e. The van der Waals surface area contributed by atoms with Crippen LogP contribution in [0.3, 0.4) is 0 Å². The highest BCUT2D eigenvalue weighted by molar-refractivity contribution is 5.56. The molecule has 0 aliphatic heterocycles. The number of rotatable bonds is 3. The first-order chi connectivity index (χ1) is 8.16. The van der Waals surface area contributed by atoms with Gasteiger partial charge in [-0.15, -0.1) is 0 Å². The Kier molecular flexibility index (Phi) is 3.36. The molecule has 0 spiro atoms. The van der Waals surface area contributed by atoms with Gasteiger partial charge in [-0.05, 0) is 12.8 Å². The van der Waals surface area contributed by atoms with Crippen molar-refractivity contribution in [3.63, 3.8) is 0 Å². The molecular weight excluding hydrogens is 222 g/mol. The second-order valence-electron chi connectivity index (χ2n) is 4.20. The molecule has 1 aromatic heterocycles. The molecule has 0 radical (unpaired) electrons. The van der Waals surface area contributed by atoms with Gasteiger partial charge in [-0.25, -0.2) is 4.98 Å². The average Bonchev–Trinajstić information content (AvgIpc) is 2.30. The van der Waals surface area contributed by atoms with Gasteiger partial charge >= 0.3 is 5.69 Å². The molecule has 0 saturated heterocycles. The first-order valence-corrected chi connectivity index (χ1v) is 5.70. The van der Waals surface area contributed by atoms with Gasteiger partial charge in [-0.1, -0.05) is 19.3 Å². The standard InChI is InChI=1S/C10H15N5O2/c11-10-12-6-8(15(16)17)9(14-10)13-7-4-2-1-3-5-7/h6-7H,1-5H2,(H3,11,12,13,14). The van der Waals surface area contributed by atoms with Gasteiger partial charge in [-0.3, -0.25) is 10.1 Å². The Hall–Kier alpha value is -1.92. The molecule has 92 valence electrons. The van der Waals surface area contributed by atoms with Crippen LogP contribution in [0.1, 0.15) is 32.1 Å². The Labute approximate surface area is 98.6 Å². The molecule has 0 unspecified atom stereocenters. The fourth-order valence-corrected chi connectivity index (χ4v) is 2.07. The van der Waals surface area contributed by atoms with Crippen LogP contribution in [0.2, 0.25) is 0 Å². The number of aromatic nitrogens is 2. The molecule has 1 heterocycles. The minimum Gasteiger partial charge on any atom is -0.368 e. The summed E-state index contributed by atoms with van der Waals surface area (Å²) in [7, 11) is 0. The second kappa shape index (κ2) is 4.94. The molecule has 3 N–H and O–H groups in total. The predicted molar refractivity (Wildman–Crippen MR) is 63.6 cm³/mol. The van der Waals surface area contributed by atoms with Crippen LogP contribution >= 0.6 is 0 Å². The van der Waals surface area contributed by atoms with E-state index < -0.39 is 4.92 Å². The van der Waals surface area contributed by atoms with E-state index in [-0.39, 0.29) is 23.5 Å². The maximum absolute atomic E-state index is 10.8. The van der Waals surface area contributed by atoms with Gasteiger partial charge in [0.1, 0.15) is 6.20 Å². The van der Waals surface area contributed by atoms with Crippen molar-refractivity contribution >= 4 is 17.5 Å². The van der Waals surface area contributed by atoms with E-state index >= 15 is 0 Å². The van der Waals surface area contributed by atoms with Gasteiger partial charge in [0.25, 0.3) is 0 Å². The topological polar surface area (TPSA) is 107 Å². The van der Waals surface area contributed by atoms with E-state index in [0.717, 1.165) is 31.9 Å². The number of nitrogens with zero attached hydrogens (tertiary/aromatic N) is 3. The molecule has 0 bridgehead atoms. The normalized spacial score (nSPS) is 16.7. The Morgan fingerprint density at radius 3 is 2.76 bits per heavy atom. The van der Waals surface area contributed by atoms with Crippen molar-refractivity contribution in [2.75, 3.05) is 11.1 Å². The van der Waals surface area contributed by atoms with Gasteiger partial charge in [0.05, 0.1) is 4.92 Å². The molecule has 7 heteroatoms. The molecule has 1 aliphatic rings. The molecule has 0 aromatic carbocycles. The number of nitro groups is 1. The van der Waals surface area contributed by atoms with Crippen molar-refractivity contribution in [1.29, 1.82) is 0 Å². The number of nitrogen functional groups attached to an aromatic ring is 1. The zero-order chi connectivity index (χ0) is 12.3. The summed E-state index contributed by atoms with van der Waals surface area (Å²) in [5.74, 6) is 0.281. The van der Waals surface area contributed by atoms with Crippen molar-refractivity contribution in [3.8, 4) is 0 Å². The van der Waals surface area contributed by atoms with E-state index in [1.165, 1.54) is 6.42 Å². The van der Waals surface area contributed by atoms with Crippen LogP contribution in [0, 0.1) is 10.1 Å². The van der Waals surface area contributed by atoms with Gasteiger partial charge in [0, 0.05) is 6.04 Å². The molecule has 1 saturated carbocycles.